The molecule has 0 bridgehead atoms. The molecule has 0 radical (unpaired) electrons. The summed E-state index contributed by atoms with van der Waals surface area (Å²) in [6, 6.07) is 5.38. The number of nitrogens with one attached hydrogen (secondary N) is 1. The molecule has 1 aromatic heterocycles. The fourth-order valence-corrected chi connectivity index (χ4v) is 5.07. The van der Waals surface area contributed by atoms with Crippen LogP contribution in [0.1, 0.15) is 62.1 Å². The standard InChI is InChI=1S/C18H30N2S/c1-3-15-12-19-18(10-6-5-7-11-18)14-20(15)13-17-9-8-16(4-2)21-17/h8-9,15,19H,3-7,10-14H2,1-2H3. The Hall–Kier alpha value is -0.380. The Bertz CT molecular complexity index is 448. The molecule has 1 unspecified atom stereocenters. The van der Waals surface area contributed by atoms with Gasteiger partial charge in [-0.3, -0.25) is 4.90 Å². The molecule has 1 aliphatic carbocycles. The largest absolute Gasteiger partial charge is 0.308 e. The van der Waals surface area contributed by atoms with Crippen LogP contribution in [-0.2, 0) is 13.0 Å². The Labute approximate surface area is 133 Å². The van der Waals surface area contributed by atoms with E-state index in [1.54, 1.807) is 4.88 Å². The van der Waals surface area contributed by atoms with Gasteiger partial charge < -0.3 is 5.32 Å². The minimum absolute atomic E-state index is 0.425. The first-order valence-corrected chi connectivity index (χ1v) is 9.63. The molecule has 1 saturated carbocycles. The molecule has 0 aromatic carbocycles. The molecule has 1 saturated heterocycles. The molecule has 1 N–H and O–H groups in total. The van der Waals surface area contributed by atoms with Crippen molar-refractivity contribution < 1.29 is 0 Å². The van der Waals surface area contributed by atoms with Gasteiger partial charge in [0.15, 0.2) is 0 Å². The first-order chi connectivity index (χ1) is 10.2. The molecule has 0 amide bonds. The van der Waals surface area contributed by atoms with Crippen LogP contribution in [0, 0.1) is 0 Å². The Kier molecular flexibility index (Phi) is 5.03. The van der Waals surface area contributed by atoms with Crippen LogP contribution in [0.5, 0.6) is 0 Å². The van der Waals surface area contributed by atoms with Crippen molar-refractivity contribution in [2.75, 3.05) is 13.1 Å². The first-order valence-electron chi connectivity index (χ1n) is 8.81. The number of rotatable bonds is 4. The molecule has 3 heteroatoms. The molecule has 3 rings (SSSR count). The maximum atomic E-state index is 3.93. The van der Waals surface area contributed by atoms with Crippen LogP contribution in [0.2, 0.25) is 0 Å². The van der Waals surface area contributed by atoms with E-state index in [0.29, 0.717) is 11.6 Å². The van der Waals surface area contributed by atoms with E-state index in [4.69, 9.17) is 0 Å². The highest BCUT2D eigenvalue weighted by Crippen LogP contribution is 2.33. The molecule has 1 aromatic rings. The van der Waals surface area contributed by atoms with Crippen LogP contribution in [0.3, 0.4) is 0 Å². The van der Waals surface area contributed by atoms with Crippen molar-refractivity contribution >= 4 is 11.3 Å². The van der Waals surface area contributed by atoms with Gasteiger partial charge >= 0.3 is 0 Å². The summed E-state index contributed by atoms with van der Waals surface area (Å²) >= 11 is 2.01. The van der Waals surface area contributed by atoms with E-state index >= 15 is 0 Å². The van der Waals surface area contributed by atoms with Crippen molar-refractivity contribution in [2.45, 2.75) is 76.9 Å². The average Bonchev–Trinajstić information content (AvgIpc) is 2.96. The minimum atomic E-state index is 0.425. The maximum absolute atomic E-state index is 3.93. The van der Waals surface area contributed by atoms with Crippen LogP contribution in [-0.4, -0.2) is 29.6 Å². The van der Waals surface area contributed by atoms with E-state index in [1.165, 1.54) is 62.9 Å². The minimum Gasteiger partial charge on any atom is -0.308 e. The monoisotopic (exact) mass is 306 g/mol. The zero-order valence-electron chi connectivity index (χ0n) is 13.7. The van der Waals surface area contributed by atoms with E-state index in [0.717, 1.165) is 6.54 Å². The van der Waals surface area contributed by atoms with E-state index in [1.807, 2.05) is 11.3 Å². The molecule has 2 fully saturated rings. The topological polar surface area (TPSA) is 15.3 Å². The maximum Gasteiger partial charge on any atom is 0.0332 e. The van der Waals surface area contributed by atoms with Gasteiger partial charge in [0.25, 0.3) is 0 Å². The summed E-state index contributed by atoms with van der Waals surface area (Å²) in [5.74, 6) is 0. The van der Waals surface area contributed by atoms with Gasteiger partial charge in [0, 0.05) is 41.0 Å². The molecule has 2 nitrogen and oxygen atoms in total. The fourth-order valence-electron chi connectivity index (χ4n) is 4.09. The number of thiophene rings is 1. The van der Waals surface area contributed by atoms with Gasteiger partial charge in [-0.2, -0.15) is 0 Å². The van der Waals surface area contributed by atoms with E-state index in [-0.39, 0.29) is 0 Å². The first kappa shape index (κ1) is 15.5. The molecule has 21 heavy (non-hydrogen) atoms. The van der Waals surface area contributed by atoms with Gasteiger partial charge in [-0.25, -0.2) is 0 Å². The second-order valence-electron chi connectivity index (χ2n) is 6.91. The quantitative estimate of drug-likeness (QED) is 0.897. The summed E-state index contributed by atoms with van der Waals surface area (Å²) in [4.78, 5) is 5.85. The molecule has 118 valence electrons. The number of hydrogen-bond donors (Lipinski definition) is 1. The van der Waals surface area contributed by atoms with Crippen molar-refractivity contribution in [2.24, 2.45) is 0 Å². The second-order valence-corrected chi connectivity index (χ2v) is 8.16. The summed E-state index contributed by atoms with van der Waals surface area (Å²) in [5.41, 5.74) is 0.425. The van der Waals surface area contributed by atoms with Crippen LogP contribution < -0.4 is 5.32 Å². The second kappa shape index (κ2) is 6.80. The third-order valence-corrected chi connectivity index (χ3v) is 6.66. The molecule has 2 aliphatic rings. The summed E-state index contributed by atoms with van der Waals surface area (Å²) in [6.45, 7) is 8.19. The van der Waals surface area contributed by atoms with Crippen molar-refractivity contribution in [3.05, 3.63) is 21.9 Å². The summed E-state index contributed by atoms with van der Waals surface area (Å²) in [5, 5.41) is 3.93. The van der Waals surface area contributed by atoms with E-state index < -0.39 is 0 Å². The Morgan fingerprint density at radius 2 is 1.95 bits per heavy atom. The lowest BCUT2D eigenvalue weighted by Crippen LogP contribution is -2.64. The third-order valence-electron chi connectivity index (χ3n) is 5.44. The highest BCUT2D eigenvalue weighted by molar-refractivity contribution is 7.11. The molecule has 1 aliphatic heterocycles. The fraction of sp³-hybridized carbons (Fsp3) is 0.778. The zero-order valence-corrected chi connectivity index (χ0v) is 14.5. The van der Waals surface area contributed by atoms with E-state index in [9.17, 15) is 0 Å². The van der Waals surface area contributed by atoms with Crippen LogP contribution in [0.25, 0.3) is 0 Å². The van der Waals surface area contributed by atoms with Gasteiger partial charge in [-0.15, -0.1) is 11.3 Å². The predicted molar refractivity (Wildman–Crippen MR) is 92.0 cm³/mol. The molecular weight excluding hydrogens is 276 g/mol. The smallest absolute Gasteiger partial charge is 0.0332 e. The SMILES string of the molecule is CCc1ccc(CN2CC3(CCCCC3)NCC2CC)s1. The average molecular weight is 307 g/mol. The molecule has 1 atom stereocenters. The highest BCUT2D eigenvalue weighted by Gasteiger charge is 2.39. The zero-order chi connectivity index (χ0) is 14.7. The lowest BCUT2D eigenvalue weighted by atomic mass is 9.79. The van der Waals surface area contributed by atoms with Crippen molar-refractivity contribution in [1.82, 2.24) is 10.2 Å². The van der Waals surface area contributed by atoms with Gasteiger partial charge in [-0.1, -0.05) is 33.1 Å². The van der Waals surface area contributed by atoms with Crippen molar-refractivity contribution in [1.29, 1.82) is 0 Å². The summed E-state index contributed by atoms with van der Waals surface area (Å²) in [6.07, 6.45) is 9.45. The Morgan fingerprint density at radius 1 is 1.19 bits per heavy atom. The molecule has 1 spiro atoms. The molecular formula is C18H30N2S. The number of aryl methyl sites for hydroxylation is 1. The number of nitrogens with zero attached hydrogens (tertiary/aromatic N) is 1. The van der Waals surface area contributed by atoms with Crippen molar-refractivity contribution in [3.8, 4) is 0 Å². The molecule has 2 heterocycles. The van der Waals surface area contributed by atoms with Gasteiger partial charge in [0.1, 0.15) is 0 Å². The van der Waals surface area contributed by atoms with Crippen LogP contribution >= 0.6 is 11.3 Å². The normalized spacial score (nSPS) is 26.3. The lowest BCUT2D eigenvalue weighted by molar-refractivity contribution is 0.0491. The number of hydrogen-bond acceptors (Lipinski definition) is 3. The lowest BCUT2D eigenvalue weighted by Gasteiger charge is -2.49. The van der Waals surface area contributed by atoms with Crippen LogP contribution in [0.4, 0.5) is 0 Å². The Morgan fingerprint density at radius 3 is 2.62 bits per heavy atom. The summed E-state index contributed by atoms with van der Waals surface area (Å²) in [7, 11) is 0. The van der Waals surface area contributed by atoms with Gasteiger partial charge in [-0.05, 0) is 37.8 Å². The predicted octanol–water partition coefficient (Wildman–Crippen LogP) is 4.20. The van der Waals surface area contributed by atoms with Crippen molar-refractivity contribution in [3.63, 3.8) is 0 Å². The van der Waals surface area contributed by atoms with Crippen LogP contribution in [0.15, 0.2) is 12.1 Å². The van der Waals surface area contributed by atoms with E-state index in [2.05, 4.69) is 36.2 Å². The number of piperazine rings is 1. The van der Waals surface area contributed by atoms with Gasteiger partial charge in [0.2, 0.25) is 0 Å². The van der Waals surface area contributed by atoms with Gasteiger partial charge in [0.05, 0.1) is 0 Å². The Balaban J connectivity index is 1.70. The summed E-state index contributed by atoms with van der Waals surface area (Å²) < 4.78 is 0. The third kappa shape index (κ3) is 3.52. The highest BCUT2D eigenvalue weighted by atomic mass is 32.1.